The lowest BCUT2D eigenvalue weighted by atomic mass is 10.1. The fourth-order valence-electron chi connectivity index (χ4n) is 2.33. The van der Waals surface area contributed by atoms with Crippen LogP contribution in [0.3, 0.4) is 0 Å². The number of nitrogens with one attached hydrogen (secondary N) is 1. The highest BCUT2D eigenvalue weighted by Crippen LogP contribution is 2.32. The molecule has 1 aliphatic rings. The summed E-state index contributed by atoms with van der Waals surface area (Å²) in [7, 11) is 0. The van der Waals surface area contributed by atoms with Gasteiger partial charge in [-0.3, -0.25) is 4.99 Å². The van der Waals surface area contributed by atoms with Gasteiger partial charge in [-0.05, 0) is 48.4 Å². The molecule has 2 aromatic carbocycles. The molecular formula is C17H16F3N3O3. The molecule has 1 heterocycles. The maximum atomic E-state index is 12.1. The molecule has 138 valence electrons. The van der Waals surface area contributed by atoms with Crippen LogP contribution in [0.5, 0.6) is 17.2 Å². The second-order valence-corrected chi connectivity index (χ2v) is 5.40. The van der Waals surface area contributed by atoms with Crippen LogP contribution >= 0.6 is 0 Å². The topological polar surface area (TPSA) is 78.1 Å². The molecule has 9 heteroatoms. The first-order chi connectivity index (χ1) is 12.4. The molecule has 0 saturated carbocycles. The Morgan fingerprint density at radius 3 is 2.58 bits per heavy atom. The number of aliphatic imine (C=N–C) groups is 1. The van der Waals surface area contributed by atoms with Crippen LogP contribution in [0.2, 0.25) is 0 Å². The van der Waals surface area contributed by atoms with Crippen LogP contribution in [0.1, 0.15) is 5.56 Å². The van der Waals surface area contributed by atoms with E-state index in [0.29, 0.717) is 24.4 Å². The van der Waals surface area contributed by atoms with E-state index in [1.165, 1.54) is 24.3 Å². The van der Waals surface area contributed by atoms with Crippen LogP contribution in [0.15, 0.2) is 47.5 Å². The molecule has 0 fully saturated rings. The minimum absolute atomic E-state index is 0.162. The van der Waals surface area contributed by atoms with Crippen LogP contribution in [-0.2, 0) is 6.42 Å². The van der Waals surface area contributed by atoms with Crippen LogP contribution in [0.25, 0.3) is 0 Å². The number of anilines is 1. The number of hydrogen-bond donors (Lipinski definition) is 2. The molecule has 6 nitrogen and oxygen atoms in total. The number of alkyl halides is 3. The number of nitrogens with two attached hydrogens (primary N) is 1. The molecule has 0 aliphatic carbocycles. The van der Waals surface area contributed by atoms with Crippen molar-refractivity contribution in [2.24, 2.45) is 10.7 Å². The number of halogens is 3. The molecule has 1 aliphatic heterocycles. The van der Waals surface area contributed by atoms with Gasteiger partial charge in [0, 0.05) is 12.2 Å². The number of rotatable bonds is 5. The van der Waals surface area contributed by atoms with Crippen molar-refractivity contribution in [3.05, 3.63) is 48.0 Å². The van der Waals surface area contributed by atoms with Gasteiger partial charge >= 0.3 is 6.36 Å². The van der Waals surface area contributed by atoms with Gasteiger partial charge in [0.25, 0.3) is 0 Å². The molecule has 0 amide bonds. The van der Waals surface area contributed by atoms with Crippen molar-refractivity contribution in [1.82, 2.24) is 0 Å². The van der Waals surface area contributed by atoms with Gasteiger partial charge in [-0.15, -0.1) is 13.2 Å². The Hall–Kier alpha value is -3.10. The number of hydrogen-bond acceptors (Lipinski definition) is 4. The molecule has 0 aromatic heterocycles. The number of benzene rings is 2. The van der Waals surface area contributed by atoms with Crippen molar-refractivity contribution in [2.45, 2.75) is 12.8 Å². The Morgan fingerprint density at radius 2 is 1.85 bits per heavy atom. The molecule has 3 rings (SSSR count). The first-order valence-corrected chi connectivity index (χ1v) is 7.70. The third kappa shape index (κ3) is 4.95. The van der Waals surface area contributed by atoms with E-state index in [-0.39, 0.29) is 18.5 Å². The van der Waals surface area contributed by atoms with E-state index in [1.54, 1.807) is 0 Å². The van der Waals surface area contributed by atoms with Crippen molar-refractivity contribution in [3.8, 4) is 17.2 Å². The van der Waals surface area contributed by atoms with Crippen molar-refractivity contribution >= 4 is 11.6 Å². The van der Waals surface area contributed by atoms with E-state index in [2.05, 4.69) is 15.0 Å². The fourth-order valence-corrected chi connectivity index (χ4v) is 2.33. The molecule has 0 radical (unpaired) electrons. The standard InChI is InChI=1S/C17H16F3N3O3/c18-17(19,20)26-13-4-2-12(3-5-13)23-16(21)22-8-7-11-1-6-14-15(9-11)25-10-24-14/h1-6,9H,7-8,10H2,(H3,21,22,23). The van der Waals surface area contributed by atoms with E-state index in [4.69, 9.17) is 15.2 Å². The summed E-state index contributed by atoms with van der Waals surface area (Å²) < 4.78 is 50.7. The third-order valence-corrected chi connectivity index (χ3v) is 3.48. The minimum Gasteiger partial charge on any atom is -0.454 e. The molecule has 0 bridgehead atoms. The van der Waals surface area contributed by atoms with Crippen LogP contribution in [0.4, 0.5) is 18.9 Å². The van der Waals surface area contributed by atoms with Crippen LogP contribution in [0, 0.1) is 0 Å². The quantitative estimate of drug-likeness (QED) is 0.626. The van der Waals surface area contributed by atoms with Crippen molar-refractivity contribution in [3.63, 3.8) is 0 Å². The predicted octanol–water partition coefficient (Wildman–Crippen LogP) is 3.28. The third-order valence-electron chi connectivity index (χ3n) is 3.48. The Bertz CT molecular complexity index is 792. The summed E-state index contributed by atoms with van der Waals surface area (Å²) in [6.07, 6.45) is -4.07. The van der Waals surface area contributed by atoms with Crippen LogP contribution < -0.4 is 25.3 Å². The Morgan fingerprint density at radius 1 is 1.12 bits per heavy atom. The molecule has 2 aromatic rings. The van der Waals surface area contributed by atoms with Crippen molar-refractivity contribution < 1.29 is 27.4 Å². The monoisotopic (exact) mass is 367 g/mol. The van der Waals surface area contributed by atoms with Crippen molar-refractivity contribution in [1.29, 1.82) is 0 Å². The maximum Gasteiger partial charge on any atom is 0.573 e. The zero-order valence-corrected chi connectivity index (χ0v) is 13.5. The normalized spacial score (nSPS) is 13.6. The van der Waals surface area contributed by atoms with E-state index in [1.807, 2.05) is 18.2 Å². The molecule has 26 heavy (non-hydrogen) atoms. The van der Waals surface area contributed by atoms with Gasteiger partial charge in [0.2, 0.25) is 6.79 Å². The summed E-state index contributed by atoms with van der Waals surface area (Å²) in [6, 6.07) is 10.9. The summed E-state index contributed by atoms with van der Waals surface area (Å²) in [5.41, 5.74) is 7.31. The zero-order valence-electron chi connectivity index (χ0n) is 13.5. The van der Waals surface area contributed by atoms with Gasteiger partial charge in [0.15, 0.2) is 17.5 Å². The van der Waals surface area contributed by atoms with Gasteiger partial charge in [-0.25, -0.2) is 0 Å². The highest BCUT2D eigenvalue weighted by Gasteiger charge is 2.30. The van der Waals surface area contributed by atoms with E-state index in [0.717, 1.165) is 11.3 Å². The second-order valence-electron chi connectivity index (χ2n) is 5.40. The summed E-state index contributed by atoms with van der Waals surface area (Å²) in [5, 5.41) is 2.81. The average molecular weight is 367 g/mol. The zero-order chi connectivity index (χ0) is 18.6. The molecule has 0 unspecified atom stereocenters. The predicted molar refractivity (Wildman–Crippen MR) is 89.5 cm³/mol. The summed E-state index contributed by atoms with van der Waals surface area (Å²) in [4.78, 5) is 4.19. The number of nitrogens with zero attached hydrogens (tertiary/aromatic N) is 1. The fraction of sp³-hybridized carbons (Fsp3) is 0.235. The SMILES string of the molecule is NC(=NCCc1ccc2c(c1)OCO2)Nc1ccc(OC(F)(F)F)cc1. The Balaban J connectivity index is 1.50. The molecule has 0 atom stereocenters. The molecule has 0 spiro atoms. The first-order valence-electron chi connectivity index (χ1n) is 7.70. The Labute approximate surface area is 147 Å². The summed E-state index contributed by atoms with van der Waals surface area (Å²) in [6.45, 7) is 0.661. The summed E-state index contributed by atoms with van der Waals surface area (Å²) in [5.74, 6) is 1.28. The highest BCUT2D eigenvalue weighted by molar-refractivity contribution is 5.92. The number of fused-ring (bicyclic) bond motifs is 1. The van der Waals surface area contributed by atoms with Gasteiger partial charge in [-0.1, -0.05) is 6.07 Å². The molecule has 0 saturated heterocycles. The maximum absolute atomic E-state index is 12.1. The summed E-state index contributed by atoms with van der Waals surface area (Å²) >= 11 is 0. The van der Waals surface area contributed by atoms with Crippen molar-refractivity contribution in [2.75, 3.05) is 18.7 Å². The van der Waals surface area contributed by atoms with Gasteiger partial charge in [0.05, 0.1) is 0 Å². The lowest BCUT2D eigenvalue weighted by Crippen LogP contribution is -2.23. The number of guanidine groups is 1. The molecular weight excluding hydrogens is 351 g/mol. The van der Waals surface area contributed by atoms with E-state index < -0.39 is 6.36 Å². The van der Waals surface area contributed by atoms with Gasteiger partial charge < -0.3 is 25.3 Å². The first kappa shape index (κ1) is 17.7. The lowest BCUT2D eigenvalue weighted by molar-refractivity contribution is -0.274. The van der Waals surface area contributed by atoms with Gasteiger partial charge in [-0.2, -0.15) is 0 Å². The highest BCUT2D eigenvalue weighted by atomic mass is 19.4. The Kier molecular flexibility index (Phi) is 5.06. The van der Waals surface area contributed by atoms with E-state index in [9.17, 15) is 13.2 Å². The van der Waals surface area contributed by atoms with E-state index >= 15 is 0 Å². The number of ether oxygens (including phenoxy) is 3. The average Bonchev–Trinajstić information content (AvgIpc) is 3.03. The second kappa shape index (κ2) is 7.42. The lowest BCUT2D eigenvalue weighted by Gasteiger charge is -2.10. The molecule has 3 N–H and O–H groups in total. The van der Waals surface area contributed by atoms with Crippen LogP contribution in [-0.4, -0.2) is 25.7 Å². The minimum atomic E-state index is -4.72. The van der Waals surface area contributed by atoms with Gasteiger partial charge in [0.1, 0.15) is 5.75 Å². The smallest absolute Gasteiger partial charge is 0.454 e. The largest absolute Gasteiger partial charge is 0.573 e.